The van der Waals surface area contributed by atoms with Gasteiger partial charge in [-0.3, -0.25) is 23.4 Å². The number of unbranched alkanes of at least 4 members (excludes halogenated alkanes) is 22. The standard InChI is InChI=1S/C70H117O11P/c1-4-7-10-13-16-19-22-25-28-31-33-36-39-42-45-48-51-54-57-60-69(73)80-66(62-71)64-78-82(75,76)79-65-67(63-77-68(72)59-56-53-50-47-44-41-38-35-30-27-24-21-18-15-12-9-6-3)81-70(74)61-58-55-52-49-46-43-40-37-34-32-29-26-23-20-17-14-11-8-5-2/h8-9,11-12,17-18,20-21,25-30,34,37,43,46,52,55,66-67,71H,4-7,10,13-16,19,22-24,31-33,35-36,38-42,44-45,47-51,53-54,56-65H2,1-3H3,(H,75,76)/b11-8-,12-9-,20-17-,21-18-,28-25-,29-26-,30-27-,37-34-,46-43-,55-52-. The van der Waals surface area contributed by atoms with Gasteiger partial charge in [-0.25, -0.2) is 4.57 Å². The van der Waals surface area contributed by atoms with E-state index in [1.807, 2.05) is 12.2 Å². The SMILES string of the molecule is CC/C=C\C/C=C\C/C=C\C/C=C\C/C=C\C/C=C\CCC(=O)OC(COC(=O)CCCCCCCCC/C=C\C/C=C\C/C=C\CC)COP(=O)(O)OCC(CO)OC(=O)CCCCCCCCCCC/C=C\CCCCCCCC. The summed E-state index contributed by atoms with van der Waals surface area (Å²) in [5, 5.41) is 9.86. The van der Waals surface area contributed by atoms with Gasteiger partial charge in [0.2, 0.25) is 0 Å². The van der Waals surface area contributed by atoms with Gasteiger partial charge in [0.15, 0.2) is 6.10 Å². The van der Waals surface area contributed by atoms with Crippen molar-refractivity contribution in [2.45, 2.75) is 277 Å². The average molecular weight is 1170 g/mol. The Hall–Kier alpha value is -4.12. The van der Waals surface area contributed by atoms with E-state index in [4.69, 9.17) is 23.3 Å². The summed E-state index contributed by atoms with van der Waals surface area (Å²) < 4.78 is 39.6. The molecule has 0 heterocycles. The quantitative estimate of drug-likeness (QED) is 0.0197. The van der Waals surface area contributed by atoms with Gasteiger partial charge in [0, 0.05) is 19.3 Å². The van der Waals surface area contributed by atoms with Crippen LogP contribution >= 0.6 is 7.82 Å². The maximum absolute atomic E-state index is 13.0. The summed E-state index contributed by atoms with van der Waals surface area (Å²) in [4.78, 5) is 48.7. The first kappa shape index (κ1) is 77.9. The molecule has 0 aliphatic heterocycles. The van der Waals surface area contributed by atoms with E-state index in [0.29, 0.717) is 25.7 Å². The average Bonchev–Trinajstić information content (AvgIpc) is 3.50. The van der Waals surface area contributed by atoms with E-state index < -0.39 is 57.8 Å². The van der Waals surface area contributed by atoms with Crippen LogP contribution in [0.5, 0.6) is 0 Å². The number of carbonyl (C=O) groups excluding carboxylic acids is 3. The monoisotopic (exact) mass is 1160 g/mol. The second-order valence-corrected chi connectivity index (χ2v) is 22.6. The molecule has 0 aromatic rings. The normalized spacial score (nSPS) is 14.1. The van der Waals surface area contributed by atoms with Crippen LogP contribution in [-0.2, 0) is 42.2 Å². The predicted molar refractivity (Wildman–Crippen MR) is 343 cm³/mol. The zero-order valence-corrected chi connectivity index (χ0v) is 52.8. The lowest BCUT2D eigenvalue weighted by atomic mass is 10.1. The number of rotatable bonds is 59. The summed E-state index contributed by atoms with van der Waals surface area (Å²) in [6, 6.07) is 0. The maximum Gasteiger partial charge on any atom is 0.472 e. The molecule has 468 valence electrons. The first-order valence-electron chi connectivity index (χ1n) is 32.4. The summed E-state index contributed by atoms with van der Waals surface area (Å²) in [5.74, 6) is -1.58. The molecule has 0 aliphatic rings. The number of carbonyl (C=O) groups is 3. The van der Waals surface area contributed by atoms with Gasteiger partial charge in [-0.1, -0.05) is 251 Å². The fourth-order valence-corrected chi connectivity index (χ4v) is 9.29. The molecule has 0 aliphatic carbocycles. The molecule has 3 atom stereocenters. The van der Waals surface area contributed by atoms with Crippen LogP contribution < -0.4 is 0 Å². The summed E-state index contributed by atoms with van der Waals surface area (Å²) in [7, 11) is -4.78. The van der Waals surface area contributed by atoms with Gasteiger partial charge in [-0.2, -0.15) is 0 Å². The Morgan fingerprint density at radius 3 is 1.06 bits per heavy atom. The number of hydrogen-bond acceptors (Lipinski definition) is 10. The lowest BCUT2D eigenvalue weighted by Crippen LogP contribution is -2.30. The number of phosphoric ester groups is 1. The number of ether oxygens (including phenoxy) is 3. The third-order valence-electron chi connectivity index (χ3n) is 13.4. The number of aliphatic hydroxyl groups is 1. The van der Waals surface area contributed by atoms with Crippen molar-refractivity contribution in [2.75, 3.05) is 26.4 Å². The third-order valence-corrected chi connectivity index (χ3v) is 14.3. The molecule has 0 aromatic carbocycles. The van der Waals surface area contributed by atoms with Crippen molar-refractivity contribution in [2.24, 2.45) is 0 Å². The zero-order valence-electron chi connectivity index (χ0n) is 51.9. The van der Waals surface area contributed by atoms with Crippen molar-refractivity contribution in [3.63, 3.8) is 0 Å². The molecular weight excluding hydrogens is 1050 g/mol. The fourth-order valence-electron chi connectivity index (χ4n) is 8.51. The van der Waals surface area contributed by atoms with Crippen LogP contribution in [0.4, 0.5) is 0 Å². The van der Waals surface area contributed by atoms with Gasteiger partial charge in [0.25, 0.3) is 0 Å². The van der Waals surface area contributed by atoms with E-state index in [-0.39, 0.29) is 25.9 Å². The zero-order chi connectivity index (χ0) is 59.8. The number of hydrogen-bond donors (Lipinski definition) is 2. The van der Waals surface area contributed by atoms with Crippen molar-refractivity contribution in [1.29, 1.82) is 0 Å². The van der Waals surface area contributed by atoms with Gasteiger partial charge in [-0.05, 0) is 116 Å². The van der Waals surface area contributed by atoms with Gasteiger partial charge < -0.3 is 24.2 Å². The summed E-state index contributed by atoms with van der Waals surface area (Å²) >= 11 is 0. The van der Waals surface area contributed by atoms with Gasteiger partial charge in [0.05, 0.1) is 19.8 Å². The first-order chi connectivity index (χ1) is 40.2. The minimum Gasteiger partial charge on any atom is -0.462 e. The second kappa shape index (κ2) is 62.9. The molecule has 11 nitrogen and oxygen atoms in total. The van der Waals surface area contributed by atoms with Gasteiger partial charge in [0.1, 0.15) is 12.7 Å². The molecule has 3 unspecified atom stereocenters. The summed E-state index contributed by atoms with van der Waals surface area (Å²) in [6.07, 6.45) is 78.8. The second-order valence-electron chi connectivity index (χ2n) is 21.2. The van der Waals surface area contributed by atoms with Crippen LogP contribution in [0.25, 0.3) is 0 Å². The van der Waals surface area contributed by atoms with Crippen LogP contribution in [0.15, 0.2) is 122 Å². The molecule has 12 heteroatoms. The molecule has 0 bridgehead atoms. The number of phosphoric acid groups is 1. The minimum atomic E-state index is -4.78. The highest BCUT2D eigenvalue weighted by molar-refractivity contribution is 7.47. The van der Waals surface area contributed by atoms with Crippen molar-refractivity contribution < 1.29 is 52.2 Å². The Kier molecular flexibility index (Phi) is 59.8. The molecule has 0 amide bonds. The molecule has 82 heavy (non-hydrogen) atoms. The Morgan fingerprint density at radius 1 is 0.354 bits per heavy atom. The van der Waals surface area contributed by atoms with E-state index in [0.717, 1.165) is 103 Å². The molecule has 0 saturated carbocycles. The third kappa shape index (κ3) is 60.5. The Balaban J connectivity index is 4.80. The smallest absolute Gasteiger partial charge is 0.462 e. The van der Waals surface area contributed by atoms with Crippen LogP contribution in [-0.4, -0.2) is 66.5 Å². The highest BCUT2D eigenvalue weighted by Crippen LogP contribution is 2.43. The van der Waals surface area contributed by atoms with Gasteiger partial charge >= 0.3 is 25.7 Å². The predicted octanol–water partition coefficient (Wildman–Crippen LogP) is 19.9. The molecule has 0 fully saturated rings. The van der Waals surface area contributed by atoms with Gasteiger partial charge in [-0.15, -0.1) is 0 Å². The molecular formula is C70H117O11P. The highest BCUT2D eigenvalue weighted by atomic mass is 31.2. The fraction of sp³-hybridized carbons (Fsp3) is 0.671. The summed E-state index contributed by atoms with van der Waals surface area (Å²) in [6.45, 7) is 4.34. The number of esters is 3. The van der Waals surface area contributed by atoms with Crippen LogP contribution in [0.1, 0.15) is 265 Å². The lowest BCUT2D eigenvalue weighted by molar-refractivity contribution is -0.161. The topological polar surface area (TPSA) is 155 Å². The Labute approximate surface area is 500 Å². The first-order valence-corrected chi connectivity index (χ1v) is 33.9. The molecule has 0 aromatic heterocycles. The van der Waals surface area contributed by atoms with Crippen molar-refractivity contribution in [3.8, 4) is 0 Å². The Bertz CT molecular complexity index is 1840. The highest BCUT2D eigenvalue weighted by Gasteiger charge is 2.28. The Morgan fingerprint density at radius 2 is 0.659 bits per heavy atom. The lowest BCUT2D eigenvalue weighted by Gasteiger charge is -2.21. The van der Waals surface area contributed by atoms with Crippen molar-refractivity contribution in [3.05, 3.63) is 122 Å². The number of allylic oxidation sites excluding steroid dienone is 20. The van der Waals surface area contributed by atoms with E-state index in [1.54, 1.807) is 0 Å². The van der Waals surface area contributed by atoms with Crippen molar-refractivity contribution in [1.82, 2.24) is 0 Å². The summed E-state index contributed by atoms with van der Waals surface area (Å²) in [5.41, 5.74) is 0. The van der Waals surface area contributed by atoms with E-state index in [9.17, 15) is 28.9 Å². The largest absolute Gasteiger partial charge is 0.472 e. The molecule has 0 saturated heterocycles. The minimum absolute atomic E-state index is 0.0347. The molecule has 0 radical (unpaired) electrons. The van der Waals surface area contributed by atoms with E-state index in [2.05, 4.69) is 130 Å². The van der Waals surface area contributed by atoms with Crippen molar-refractivity contribution >= 4 is 25.7 Å². The molecule has 2 N–H and O–H groups in total. The van der Waals surface area contributed by atoms with Crippen LogP contribution in [0.2, 0.25) is 0 Å². The maximum atomic E-state index is 13.0. The molecule has 0 rings (SSSR count). The van der Waals surface area contributed by atoms with E-state index in [1.165, 1.54) is 96.3 Å². The van der Waals surface area contributed by atoms with Crippen LogP contribution in [0.3, 0.4) is 0 Å². The number of aliphatic hydroxyl groups excluding tert-OH is 1. The van der Waals surface area contributed by atoms with E-state index >= 15 is 0 Å². The van der Waals surface area contributed by atoms with Crippen LogP contribution in [0, 0.1) is 0 Å². The molecule has 0 spiro atoms.